The van der Waals surface area contributed by atoms with E-state index >= 15 is 0 Å². The Morgan fingerprint density at radius 1 is 0.689 bits per heavy atom. The number of thiocarbonyl (C=S) groups is 1. The second-order valence-corrected chi connectivity index (χ2v) is 28.7. The van der Waals surface area contributed by atoms with Crippen molar-refractivity contribution in [3.05, 3.63) is 324 Å². The molecule has 0 saturated carbocycles. The van der Waals surface area contributed by atoms with Crippen LogP contribution in [0.4, 0.5) is 33.4 Å². The number of nitroso groups, excluding NO2 is 1. The third-order valence-corrected chi connectivity index (χ3v) is 20.3. The number of primary sulfonamides is 1. The van der Waals surface area contributed by atoms with Gasteiger partial charge in [0.1, 0.15) is 44.3 Å². The minimum Gasteiger partial charge on any atom is -0.459 e. The molecule has 1 atom stereocenters. The van der Waals surface area contributed by atoms with Gasteiger partial charge in [-0.05, 0) is 208 Å². The minimum atomic E-state index is -3.74. The van der Waals surface area contributed by atoms with Gasteiger partial charge in [0, 0.05) is 55.2 Å². The summed E-state index contributed by atoms with van der Waals surface area (Å²) in [6.45, 7) is 8.21. The van der Waals surface area contributed by atoms with E-state index in [0.717, 1.165) is 72.9 Å². The molecule has 14 rings (SSSR count). The molecule has 25 heteroatoms. The molecule has 9 aromatic carbocycles. The molecule has 1 unspecified atom stereocenters. The minimum absolute atomic E-state index is 0. The van der Waals surface area contributed by atoms with Crippen LogP contribution in [0.2, 0.25) is 5.02 Å². The summed E-state index contributed by atoms with van der Waals surface area (Å²) in [5, 5.41) is 28.0. The number of carbonyl (C=O) groups excluding carboxylic acids is 4. The van der Waals surface area contributed by atoms with Crippen LogP contribution >= 0.6 is 46.9 Å². The zero-order chi connectivity index (χ0) is 74.3. The molecule has 4 heterocycles. The molecule has 0 radical (unpaired) electrons. The molecule has 2 aliphatic rings. The number of sulfonamides is 1. The number of amides is 1. The highest BCUT2D eigenvalue weighted by Crippen LogP contribution is 2.47. The first-order valence-corrected chi connectivity index (χ1v) is 36.5. The van der Waals surface area contributed by atoms with Crippen LogP contribution < -0.4 is 36.3 Å². The molecule has 3 aromatic heterocycles. The molecule has 0 fully saturated rings. The number of nitriles is 1. The van der Waals surface area contributed by atoms with Crippen molar-refractivity contribution in [2.75, 3.05) is 16.4 Å². The smallest absolute Gasteiger partial charge is 0.343 e. The van der Waals surface area contributed by atoms with Crippen LogP contribution in [0.3, 0.4) is 0 Å². The Labute approximate surface area is 629 Å². The van der Waals surface area contributed by atoms with Gasteiger partial charge in [0.25, 0.3) is 5.91 Å². The van der Waals surface area contributed by atoms with Crippen molar-refractivity contribution in [3.8, 4) is 17.6 Å². The lowest BCUT2D eigenvalue weighted by molar-refractivity contribution is 0.0717. The van der Waals surface area contributed by atoms with E-state index in [9.17, 15) is 37.8 Å². The normalized spacial score (nSPS) is 12.7. The molecule has 12 aromatic rings. The highest BCUT2D eigenvalue weighted by Gasteiger charge is 2.28. The second-order valence-electron chi connectivity index (χ2n) is 24.1. The first kappa shape index (κ1) is 76.7. The first-order valence-electron chi connectivity index (χ1n) is 32.4. The van der Waals surface area contributed by atoms with E-state index in [-0.39, 0.29) is 54.2 Å². The third-order valence-electron chi connectivity index (χ3n) is 16.5. The van der Waals surface area contributed by atoms with E-state index in [4.69, 9.17) is 58.0 Å². The summed E-state index contributed by atoms with van der Waals surface area (Å²) in [6, 6.07) is 70.8. The number of nitrogens with zero attached hydrogens (tertiary/aromatic N) is 3. The van der Waals surface area contributed by atoms with Gasteiger partial charge in [-0.1, -0.05) is 125 Å². The summed E-state index contributed by atoms with van der Waals surface area (Å²) >= 11 is 13.9. The van der Waals surface area contributed by atoms with Crippen molar-refractivity contribution < 1.29 is 51.4 Å². The van der Waals surface area contributed by atoms with Crippen molar-refractivity contribution in [1.29, 1.82) is 5.26 Å². The van der Waals surface area contributed by atoms with Gasteiger partial charge < -0.3 is 40.2 Å². The number of aryl methyl sites for hydroxylation is 2. The second kappa shape index (κ2) is 35.0. The molecule has 534 valence electrons. The van der Waals surface area contributed by atoms with Gasteiger partial charge in [0.05, 0.1) is 33.7 Å². The fraction of sp³-hybridized carbons (Fsp3) is 0.0988. The zero-order valence-corrected chi connectivity index (χ0v) is 61.2. The Hall–Kier alpha value is -11.9. The number of ketones is 1. The Morgan fingerprint density at radius 2 is 1.32 bits per heavy atom. The largest absolute Gasteiger partial charge is 0.459 e. The lowest BCUT2D eigenvalue weighted by atomic mass is 9.86. The number of benzene rings is 9. The lowest BCUT2D eigenvalue weighted by Crippen LogP contribution is -2.33. The molecular formula is C81H67ClN8O12S4. The molecule has 20 nitrogen and oxygen atoms in total. The highest BCUT2D eigenvalue weighted by atomic mass is 35.5. The zero-order valence-electron chi connectivity index (χ0n) is 57.2. The van der Waals surface area contributed by atoms with Crippen LogP contribution in [0.5, 0.6) is 11.5 Å². The van der Waals surface area contributed by atoms with E-state index < -0.39 is 27.9 Å². The van der Waals surface area contributed by atoms with E-state index in [1.165, 1.54) is 53.3 Å². The summed E-state index contributed by atoms with van der Waals surface area (Å²) in [6.07, 6.45) is 3.46. The average Bonchev–Trinajstić information content (AvgIpc) is 0.842. The topological polar surface area (TPSA) is 332 Å². The van der Waals surface area contributed by atoms with Gasteiger partial charge >= 0.3 is 11.9 Å². The standard InChI is InChI=1S/C26H22O4.C22H18N2OS.C21H14ClN3O2S.C12H11N3O4S2.H2O/c1-17-15-21-22(16-18(17)2)24(30-26(28)20-11-7-4-8-12-20)14-13-23(21)29-25(27)19-9-5-3-6-10-19;1-15-9-11-16(12-10-15)20-14-22(17-5-4-6-18(13-17)24-25)26-21-8-3-2-7-19(21)23-20;1-11-3-2-4-14(7-11)25-21-15(10-23)18(24)20(28-21)19(26)17-9-12-8-13(22)5-6-16(12)27-17;13-21(17,18)9-5-3-8(4-6-9)14-12(20)15-11(16)10-2-1-7-19-10;/h3-14H,15-16H2,1-2H3;2-13,22H,14H2,1H3;2-9,25H,24H2,1H3;1-7H,(H2,13,17,18)(H2,14,15,16,20);1H2. The van der Waals surface area contributed by atoms with Crippen LogP contribution in [0, 0.1) is 30.1 Å². The number of para-hydroxylation sites is 1. The number of hydrogen-bond donors (Lipinski definition) is 5. The Morgan fingerprint density at radius 3 is 1.92 bits per heavy atom. The number of thiophene rings is 1. The third kappa shape index (κ3) is 19.5. The Balaban J connectivity index is 0.000000152. The molecule has 1 amide bonds. The molecule has 0 spiro atoms. The van der Waals surface area contributed by atoms with Crippen molar-refractivity contribution in [2.45, 2.75) is 62.0 Å². The van der Waals surface area contributed by atoms with Gasteiger partial charge in [-0.2, -0.15) is 5.26 Å². The number of halogens is 1. The number of nitrogens with two attached hydrogens (primary N) is 2. The van der Waals surface area contributed by atoms with E-state index in [2.05, 4.69) is 90.4 Å². The maximum Gasteiger partial charge on any atom is 0.343 e. The van der Waals surface area contributed by atoms with Gasteiger partial charge in [-0.25, -0.2) is 23.1 Å². The van der Waals surface area contributed by atoms with Crippen LogP contribution in [0.1, 0.15) is 111 Å². The molecule has 9 N–H and O–H groups in total. The maximum atomic E-state index is 13.0. The van der Waals surface area contributed by atoms with E-state index in [1.807, 2.05) is 67.6 Å². The summed E-state index contributed by atoms with van der Waals surface area (Å²) in [5.41, 5.74) is 20.7. The molecule has 0 bridgehead atoms. The van der Waals surface area contributed by atoms with Crippen molar-refractivity contribution >= 4 is 136 Å². The van der Waals surface area contributed by atoms with E-state index in [1.54, 1.807) is 109 Å². The lowest BCUT2D eigenvalue weighted by Gasteiger charge is -2.24. The van der Waals surface area contributed by atoms with Crippen molar-refractivity contribution in [1.82, 2.24) is 5.32 Å². The number of hydrogen-bond acceptors (Lipinski definition) is 19. The molecule has 106 heavy (non-hydrogen) atoms. The number of thioether (sulfide) groups is 1. The number of nitrogen functional groups attached to an aromatic ring is 1. The number of furan rings is 2. The van der Waals surface area contributed by atoms with Gasteiger partial charge in [-0.15, -0.1) is 28.0 Å². The number of esters is 2. The summed E-state index contributed by atoms with van der Waals surface area (Å²) in [7, 11) is -3.74. The number of ether oxygens (including phenoxy) is 2. The molecule has 1 aliphatic heterocycles. The number of aliphatic imine (C=N–C) groups is 1. The highest BCUT2D eigenvalue weighted by molar-refractivity contribution is 7.99. The number of rotatable bonds is 14. The van der Waals surface area contributed by atoms with E-state index in [0.29, 0.717) is 62.4 Å². The van der Waals surface area contributed by atoms with Gasteiger partial charge in [0.15, 0.2) is 16.6 Å². The SMILES string of the molecule is CC1=C(C)Cc2c(OC(=O)c3ccccc3)ccc(OC(=O)c3ccccc3)c2C1.Cc1ccc(C2=Nc3ccccc3SC(c3cccc(N=O)c3)C2)cc1.Cc1cccc(Nc2sc(C(=O)c3cc4cc(Cl)ccc4o3)c(N)c2C#N)c1.NS(=O)(=O)c1ccc(NC(=S)NC(=O)c2ccco2)cc1.O. The summed E-state index contributed by atoms with van der Waals surface area (Å²) in [5.74, 6) is -0.384. The van der Waals surface area contributed by atoms with Crippen molar-refractivity contribution in [2.24, 2.45) is 15.3 Å². The quantitative estimate of drug-likeness (QED) is 0.0169. The first-order chi connectivity index (χ1) is 50.6. The fourth-order valence-electron chi connectivity index (χ4n) is 11.0. The van der Waals surface area contributed by atoms with Gasteiger partial charge in [0.2, 0.25) is 15.8 Å². The Kier molecular flexibility index (Phi) is 25.4. The van der Waals surface area contributed by atoms with Crippen LogP contribution in [-0.2, 0) is 22.9 Å². The van der Waals surface area contributed by atoms with Crippen LogP contribution in [-0.4, -0.2) is 48.3 Å². The van der Waals surface area contributed by atoms with Crippen LogP contribution in [0.15, 0.2) is 277 Å². The van der Waals surface area contributed by atoms with Gasteiger partial charge in [-0.3, -0.25) is 19.9 Å². The maximum absolute atomic E-state index is 13.0. The predicted molar refractivity (Wildman–Crippen MR) is 420 cm³/mol. The fourth-order valence-corrected chi connectivity index (χ4v) is 14.2. The molecular weight excluding hydrogens is 1440 g/mol. The number of anilines is 4. The molecule has 1 aliphatic carbocycles. The Bertz CT molecular complexity index is 5400. The number of nitrogens with one attached hydrogen (secondary N) is 3. The predicted octanol–water partition coefficient (Wildman–Crippen LogP) is 18.4. The number of allylic oxidation sites excluding steroid dienone is 2. The van der Waals surface area contributed by atoms with Crippen molar-refractivity contribution in [3.63, 3.8) is 0 Å². The summed E-state index contributed by atoms with van der Waals surface area (Å²) in [4.78, 5) is 67.1. The number of carbonyl (C=O) groups is 4. The average molecular weight is 1510 g/mol. The summed E-state index contributed by atoms with van der Waals surface area (Å²) < 4.78 is 44.2. The monoisotopic (exact) mass is 1510 g/mol. The van der Waals surface area contributed by atoms with Crippen LogP contribution in [0.25, 0.3) is 11.0 Å². The number of fused-ring (bicyclic) bond motifs is 3. The molecule has 0 saturated heterocycles.